The lowest BCUT2D eigenvalue weighted by Crippen LogP contribution is -2.52. The maximum Gasteiger partial charge on any atom is 0.169 e. The summed E-state index contributed by atoms with van der Waals surface area (Å²) < 4.78 is 6.11. The molecule has 0 bridgehead atoms. The molecule has 0 saturated carbocycles. The van der Waals surface area contributed by atoms with Crippen molar-refractivity contribution in [3.05, 3.63) is 53.0 Å². The molecule has 2 unspecified atom stereocenters. The molecule has 0 spiro atoms. The van der Waals surface area contributed by atoms with Crippen LogP contribution in [0.4, 0.5) is 0 Å². The van der Waals surface area contributed by atoms with E-state index in [0.29, 0.717) is 23.0 Å². The van der Waals surface area contributed by atoms with Crippen molar-refractivity contribution in [1.29, 1.82) is 0 Å². The van der Waals surface area contributed by atoms with Gasteiger partial charge < -0.3 is 21.1 Å². The number of pyridine rings is 1. The first-order chi connectivity index (χ1) is 9.98. The monoisotopic (exact) mass is 308 g/mol. The number of likely N-dealkylation sites (N-methyl/N-ethyl adjacent to an activating group) is 1. The van der Waals surface area contributed by atoms with Crippen LogP contribution in [0.5, 0.6) is 0 Å². The molecule has 0 aliphatic heterocycles. The minimum Gasteiger partial charge on any atom is -0.399 e. The van der Waals surface area contributed by atoms with Crippen LogP contribution in [0, 0.1) is 0 Å². The van der Waals surface area contributed by atoms with Crippen molar-refractivity contribution >= 4 is 11.6 Å². The van der Waals surface area contributed by atoms with Crippen LogP contribution in [0.25, 0.3) is 0 Å². The third-order valence-electron chi connectivity index (χ3n) is 3.47. The standard InChI is InChI=1S/C15H21ClN4O/c1-20(2)9-10-21-15(12(17)6-3-7-13(15)18)14-11(16)5-4-8-19-14/h3-8,12H,9-10,17-18H2,1-2H3. The van der Waals surface area contributed by atoms with E-state index in [9.17, 15) is 0 Å². The molecule has 6 heteroatoms. The third-order valence-corrected chi connectivity index (χ3v) is 3.78. The maximum absolute atomic E-state index is 6.30. The molecule has 0 radical (unpaired) electrons. The minimum atomic E-state index is -1.02. The van der Waals surface area contributed by atoms with E-state index < -0.39 is 11.6 Å². The molecule has 1 aromatic rings. The van der Waals surface area contributed by atoms with Crippen molar-refractivity contribution in [2.24, 2.45) is 11.5 Å². The molecule has 5 nitrogen and oxygen atoms in total. The highest BCUT2D eigenvalue weighted by atomic mass is 35.5. The summed E-state index contributed by atoms with van der Waals surface area (Å²) in [5.74, 6) is 0. The van der Waals surface area contributed by atoms with Crippen molar-refractivity contribution in [3.63, 3.8) is 0 Å². The number of aromatic nitrogens is 1. The number of allylic oxidation sites excluding steroid dienone is 2. The average Bonchev–Trinajstić information content (AvgIpc) is 2.43. The number of hydrogen-bond acceptors (Lipinski definition) is 5. The van der Waals surface area contributed by atoms with Crippen LogP contribution < -0.4 is 11.5 Å². The smallest absolute Gasteiger partial charge is 0.169 e. The van der Waals surface area contributed by atoms with Gasteiger partial charge in [0.1, 0.15) is 0 Å². The predicted molar refractivity (Wildman–Crippen MR) is 84.8 cm³/mol. The molecule has 0 amide bonds. The summed E-state index contributed by atoms with van der Waals surface area (Å²) in [6.07, 6.45) is 7.11. The molecule has 0 fully saturated rings. The first-order valence-corrected chi connectivity index (χ1v) is 7.16. The number of halogens is 1. The summed E-state index contributed by atoms with van der Waals surface area (Å²) in [5.41, 5.74) is 12.5. The van der Waals surface area contributed by atoms with Gasteiger partial charge in [-0.1, -0.05) is 23.8 Å². The maximum atomic E-state index is 6.30. The Hall–Kier alpha value is -1.40. The van der Waals surface area contributed by atoms with Crippen LogP contribution in [0.3, 0.4) is 0 Å². The Kier molecular flexibility index (Phi) is 5.00. The SMILES string of the molecule is CN(C)CCOC1(c2ncccc2Cl)C(N)=CC=CC1N. The molecule has 0 aromatic carbocycles. The number of rotatable bonds is 5. The van der Waals surface area contributed by atoms with E-state index in [-0.39, 0.29) is 0 Å². The van der Waals surface area contributed by atoms with Gasteiger partial charge in [-0.15, -0.1) is 0 Å². The zero-order valence-electron chi connectivity index (χ0n) is 12.3. The average molecular weight is 309 g/mol. The van der Waals surface area contributed by atoms with Crippen molar-refractivity contribution in [3.8, 4) is 0 Å². The van der Waals surface area contributed by atoms with Crippen LogP contribution >= 0.6 is 11.6 Å². The second-order valence-electron chi connectivity index (χ2n) is 5.25. The Morgan fingerprint density at radius 1 is 1.48 bits per heavy atom. The highest BCUT2D eigenvalue weighted by Crippen LogP contribution is 2.38. The highest BCUT2D eigenvalue weighted by Gasteiger charge is 2.45. The minimum absolute atomic E-state index is 0.447. The Labute approximate surface area is 130 Å². The Morgan fingerprint density at radius 3 is 2.86 bits per heavy atom. The van der Waals surface area contributed by atoms with E-state index >= 15 is 0 Å². The topological polar surface area (TPSA) is 77.4 Å². The molecule has 1 aliphatic carbocycles. The van der Waals surface area contributed by atoms with Gasteiger partial charge in [-0.05, 0) is 32.3 Å². The molecule has 2 atom stereocenters. The quantitative estimate of drug-likeness (QED) is 0.856. The van der Waals surface area contributed by atoms with Crippen LogP contribution in [0.2, 0.25) is 5.02 Å². The van der Waals surface area contributed by atoms with Crippen LogP contribution in [0.15, 0.2) is 42.3 Å². The van der Waals surface area contributed by atoms with Gasteiger partial charge in [0.25, 0.3) is 0 Å². The van der Waals surface area contributed by atoms with Gasteiger partial charge in [0, 0.05) is 18.4 Å². The fraction of sp³-hybridized carbons (Fsp3) is 0.400. The molecule has 21 heavy (non-hydrogen) atoms. The lowest BCUT2D eigenvalue weighted by atomic mass is 9.83. The van der Waals surface area contributed by atoms with E-state index in [1.165, 1.54) is 0 Å². The number of ether oxygens (including phenoxy) is 1. The van der Waals surface area contributed by atoms with Gasteiger partial charge in [0.15, 0.2) is 5.60 Å². The number of nitrogens with zero attached hydrogens (tertiary/aromatic N) is 2. The molecule has 114 valence electrons. The summed E-state index contributed by atoms with van der Waals surface area (Å²) in [7, 11) is 3.95. The zero-order valence-corrected chi connectivity index (χ0v) is 13.0. The second kappa shape index (κ2) is 6.58. The molecular formula is C15H21ClN4O. The van der Waals surface area contributed by atoms with E-state index in [1.54, 1.807) is 24.4 Å². The van der Waals surface area contributed by atoms with E-state index in [0.717, 1.165) is 6.54 Å². The fourth-order valence-corrected chi connectivity index (χ4v) is 2.58. The van der Waals surface area contributed by atoms with Gasteiger partial charge in [0.05, 0.1) is 23.4 Å². The lowest BCUT2D eigenvalue weighted by molar-refractivity contribution is -0.0403. The van der Waals surface area contributed by atoms with Crippen LogP contribution in [-0.4, -0.2) is 43.2 Å². The molecule has 4 N–H and O–H groups in total. The summed E-state index contributed by atoms with van der Waals surface area (Å²) in [6, 6.07) is 3.08. The van der Waals surface area contributed by atoms with Crippen molar-refractivity contribution < 1.29 is 4.74 Å². The van der Waals surface area contributed by atoms with E-state index in [2.05, 4.69) is 4.98 Å². The van der Waals surface area contributed by atoms with Gasteiger partial charge in [-0.2, -0.15) is 0 Å². The largest absolute Gasteiger partial charge is 0.399 e. The Morgan fingerprint density at radius 2 is 2.24 bits per heavy atom. The first-order valence-electron chi connectivity index (χ1n) is 6.78. The third kappa shape index (κ3) is 3.11. The van der Waals surface area contributed by atoms with Gasteiger partial charge in [0.2, 0.25) is 0 Å². The second-order valence-corrected chi connectivity index (χ2v) is 5.66. The molecule has 1 aromatic heterocycles. The molecule has 1 aliphatic rings. The fourth-order valence-electron chi connectivity index (χ4n) is 2.32. The van der Waals surface area contributed by atoms with Gasteiger partial charge in [-0.3, -0.25) is 4.98 Å². The summed E-state index contributed by atoms with van der Waals surface area (Å²) in [4.78, 5) is 6.39. The van der Waals surface area contributed by atoms with Crippen molar-refractivity contribution in [2.75, 3.05) is 27.2 Å². The normalized spacial score (nSPS) is 25.2. The molecular weight excluding hydrogens is 288 g/mol. The lowest BCUT2D eigenvalue weighted by Gasteiger charge is -2.39. The van der Waals surface area contributed by atoms with Crippen molar-refractivity contribution in [1.82, 2.24) is 9.88 Å². The van der Waals surface area contributed by atoms with Gasteiger partial charge in [-0.25, -0.2) is 0 Å². The van der Waals surface area contributed by atoms with E-state index in [1.807, 2.05) is 31.1 Å². The highest BCUT2D eigenvalue weighted by molar-refractivity contribution is 6.31. The zero-order chi connectivity index (χ0) is 15.5. The summed E-state index contributed by atoms with van der Waals surface area (Å²) in [6.45, 7) is 1.21. The summed E-state index contributed by atoms with van der Waals surface area (Å²) in [5, 5.41) is 0.490. The van der Waals surface area contributed by atoms with Gasteiger partial charge >= 0.3 is 0 Å². The summed E-state index contributed by atoms with van der Waals surface area (Å²) >= 11 is 6.30. The molecule has 2 rings (SSSR count). The van der Waals surface area contributed by atoms with Crippen LogP contribution in [-0.2, 0) is 10.3 Å². The van der Waals surface area contributed by atoms with Crippen LogP contribution in [0.1, 0.15) is 5.69 Å². The Bertz CT molecular complexity index is 558. The molecule has 1 heterocycles. The first kappa shape index (κ1) is 16.0. The number of hydrogen-bond donors (Lipinski definition) is 2. The molecule has 0 saturated heterocycles. The van der Waals surface area contributed by atoms with Crippen molar-refractivity contribution in [2.45, 2.75) is 11.6 Å². The number of nitrogens with two attached hydrogens (primary N) is 2. The predicted octanol–water partition coefficient (Wildman–Crippen LogP) is 1.25. The Balaban J connectivity index is 2.42. The van der Waals surface area contributed by atoms with E-state index in [4.69, 9.17) is 27.8 Å².